The Morgan fingerprint density at radius 2 is 1.04 bits per heavy atom. The van der Waals surface area contributed by atoms with Crippen LogP contribution in [0.3, 0.4) is 0 Å². The molecule has 7 aromatic carbocycles. The lowest BCUT2D eigenvalue weighted by atomic mass is 9.95. The van der Waals surface area contributed by atoms with Crippen LogP contribution in [0.4, 0.5) is 5.69 Å². The summed E-state index contributed by atoms with van der Waals surface area (Å²) in [7, 11) is 0. The van der Waals surface area contributed by atoms with Crippen molar-refractivity contribution in [2.45, 2.75) is 0 Å². The van der Waals surface area contributed by atoms with Gasteiger partial charge in [0, 0.05) is 32.8 Å². The number of aromatic nitrogens is 2. The minimum Gasteiger partial charge on any atom is -0.318 e. The van der Waals surface area contributed by atoms with Crippen LogP contribution in [0.15, 0.2) is 152 Å². The Hall–Kier alpha value is -7.39. The van der Waals surface area contributed by atoms with Crippen LogP contribution in [0.2, 0.25) is 0 Å². The van der Waals surface area contributed by atoms with Crippen LogP contribution >= 0.6 is 0 Å². The van der Waals surface area contributed by atoms with Gasteiger partial charge >= 0.3 is 0 Å². The van der Waals surface area contributed by atoms with E-state index in [0.717, 1.165) is 60.8 Å². The summed E-state index contributed by atoms with van der Waals surface area (Å²) >= 11 is 0. The summed E-state index contributed by atoms with van der Waals surface area (Å²) in [6.45, 7) is 8.21. The summed E-state index contributed by atoms with van der Waals surface area (Å²) in [5, 5.41) is 24.1. The third kappa shape index (κ3) is 4.38. The lowest BCUT2D eigenvalue weighted by molar-refractivity contribution is 1.18. The van der Waals surface area contributed by atoms with Gasteiger partial charge in [0.05, 0.1) is 52.0 Å². The lowest BCUT2D eigenvalue weighted by Crippen LogP contribution is -1.99. The van der Waals surface area contributed by atoms with Crippen molar-refractivity contribution in [3.8, 4) is 45.8 Å². The molecule has 0 fully saturated rings. The molecule has 0 aliphatic heterocycles. The molecule has 0 spiro atoms. The Kier molecular flexibility index (Phi) is 6.56. The molecular formula is C45H25N5. The summed E-state index contributed by atoms with van der Waals surface area (Å²) in [5.41, 5.74) is 11.1. The second-order valence-electron chi connectivity index (χ2n) is 12.3. The van der Waals surface area contributed by atoms with Crippen LogP contribution in [0.1, 0.15) is 11.1 Å². The molecule has 2 aromatic heterocycles. The molecule has 2 heterocycles. The lowest BCUT2D eigenvalue weighted by Gasteiger charge is -2.17. The van der Waals surface area contributed by atoms with Gasteiger partial charge in [0.1, 0.15) is 0 Å². The van der Waals surface area contributed by atoms with E-state index >= 15 is 0 Å². The van der Waals surface area contributed by atoms with Crippen LogP contribution in [-0.2, 0) is 0 Å². The highest BCUT2D eigenvalue weighted by Gasteiger charge is 2.21. The summed E-state index contributed by atoms with van der Waals surface area (Å²) < 4.78 is 4.41. The highest BCUT2D eigenvalue weighted by molar-refractivity contribution is 6.11. The summed E-state index contributed by atoms with van der Waals surface area (Å²) in [6.07, 6.45) is 0. The molecule has 0 aliphatic carbocycles. The molecule has 5 heteroatoms. The summed E-state index contributed by atoms with van der Waals surface area (Å²) in [4.78, 5) is 3.95. The molecule has 0 atom stereocenters. The number of nitrogens with zero attached hydrogens (tertiary/aromatic N) is 5. The largest absolute Gasteiger partial charge is 0.318 e. The van der Waals surface area contributed by atoms with Gasteiger partial charge in [-0.15, -0.1) is 0 Å². The van der Waals surface area contributed by atoms with Gasteiger partial charge < -0.3 is 9.13 Å². The number of hydrogen-bond acceptors (Lipinski definition) is 2. The average Bonchev–Trinajstić information content (AvgIpc) is 3.70. The quantitative estimate of drug-likeness (QED) is 0.181. The van der Waals surface area contributed by atoms with E-state index < -0.39 is 0 Å². The smallest absolute Gasteiger partial charge is 0.212 e. The van der Waals surface area contributed by atoms with Gasteiger partial charge in [-0.2, -0.15) is 10.5 Å². The third-order valence-electron chi connectivity index (χ3n) is 9.58. The average molecular weight is 636 g/mol. The van der Waals surface area contributed by atoms with Crippen LogP contribution < -0.4 is 0 Å². The Morgan fingerprint density at radius 1 is 0.460 bits per heavy atom. The fourth-order valence-electron chi connectivity index (χ4n) is 7.38. The monoisotopic (exact) mass is 635 g/mol. The Morgan fingerprint density at radius 3 is 1.68 bits per heavy atom. The van der Waals surface area contributed by atoms with Crippen molar-refractivity contribution in [3.63, 3.8) is 0 Å². The first-order valence-electron chi connectivity index (χ1n) is 16.3. The Labute approximate surface area is 288 Å². The zero-order chi connectivity index (χ0) is 33.8. The number of para-hydroxylation sites is 3. The van der Waals surface area contributed by atoms with Gasteiger partial charge in [-0.1, -0.05) is 84.9 Å². The van der Waals surface area contributed by atoms with E-state index in [9.17, 15) is 10.5 Å². The standard InChI is InChI=1S/C45H25N5/c1-48-40-25-30(28-47)24-38(45(40)50-43-16-7-4-13-37(43)39-23-29(27-46)17-22-44(39)50)33-10-8-9-32(26-33)31-18-20-34(21-19-31)49-41-14-5-2-11-35(41)36-12-3-6-15-42(36)49/h2-26H. The Balaban J connectivity index is 1.21. The van der Waals surface area contributed by atoms with Gasteiger partial charge in [0.15, 0.2) is 0 Å². The topological polar surface area (TPSA) is 61.8 Å². The van der Waals surface area contributed by atoms with Gasteiger partial charge in [0.2, 0.25) is 5.69 Å². The predicted octanol–water partition coefficient (Wildman–Crippen LogP) is 11.5. The number of rotatable bonds is 4. The van der Waals surface area contributed by atoms with Crippen molar-refractivity contribution >= 4 is 49.3 Å². The molecule has 9 aromatic rings. The second kappa shape index (κ2) is 11.4. The van der Waals surface area contributed by atoms with Crippen molar-refractivity contribution in [2.24, 2.45) is 0 Å². The van der Waals surface area contributed by atoms with E-state index in [0.29, 0.717) is 22.5 Å². The molecule has 0 amide bonds. The number of hydrogen-bond donors (Lipinski definition) is 0. The molecule has 230 valence electrons. The summed E-state index contributed by atoms with van der Waals surface area (Å²) in [6, 6.07) is 55.6. The van der Waals surface area contributed by atoms with Crippen LogP contribution in [-0.4, -0.2) is 9.13 Å². The van der Waals surface area contributed by atoms with Crippen LogP contribution in [0.5, 0.6) is 0 Å². The van der Waals surface area contributed by atoms with E-state index in [-0.39, 0.29) is 0 Å². The normalized spacial score (nSPS) is 11.1. The van der Waals surface area contributed by atoms with E-state index in [1.54, 1.807) is 6.07 Å². The van der Waals surface area contributed by atoms with Crippen molar-refractivity contribution in [2.75, 3.05) is 0 Å². The van der Waals surface area contributed by atoms with E-state index in [4.69, 9.17) is 6.57 Å². The molecule has 0 saturated carbocycles. The fourth-order valence-corrected chi connectivity index (χ4v) is 7.38. The zero-order valence-corrected chi connectivity index (χ0v) is 26.7. The van der Waals surface area contributed by atoms with Crippen molar-refractivity contribution < 1.29 is 0 Å². The SMILES string of the molecule is [C-]#[N+]c1cc(C#N)cc(-c2cccc(-c3ccc(-n4c5ccccc5c5ccccc54)cc3)c2)c1-n1c2ccccc2c2cc(C#N)ccc21. The second-order valence-corrected chi connectivity index (χ2v) is 12.3. The predicted molar refractivity (Wildman–Crippen MR) is 202 cm³/mol. The number of benzene rings is 7. The van der Waals surface area contributed by atoms with Crippen LogP contribution in [0.25, 0.3) is 82.1 Å². The van der Waals surface area contributed by atoms with Gasteiger partial charge in [-0.25, -0.2) is 4.85 Å². The number of nitriles is 2. The van der Waals surface area contributed by atoms with Gasteiger partial charge in [-0.3, -0.25) is 0 Å². The van der Waals surface area contributed by atoms with Crippen molar-refractivity contribution in [1.82, 2.24) is 9.13 Å². The highest BCUT2D eigenvalue weighted by Crippen LogP contribution is 2.42. The minimum absolute atomic E-state index is 0.381. The molecule has 0 saturated heterocycles. The first-order valence-corrected chi connectivity index (χ1v) is 16.3. The highest BCUT2D eigenvalue weighted by atomic mass is 15.0. The van der Waals surface area contributed by atoms with E-state index in [1.165, 1.54) is 10.8 Å². The fraction of sp³-hybridized carbons (Fsp3) is 0. The van der Waals surface area contributed by atoms with Gasteiger partial charge in [0.25, 0.3) is 0 Å². The van der Waals surface area contributed by atoms with Crippen LogP contribution in [0, 0.1) is 29.2 Å². The third-order valence-corrected chi connectivity index (χ3v) is 9.58. The molecule has 9 rings (SSSR count). The molecule has 0 unspecified atom stereocenters. The van der Waals surface area contributed by atoms with Gasteiger partial charge in [-0.05, 0) is 89.0 Å². The molecular weight excluding hydrogens is 611 g/mol. The maximum Gasteiger partial charge on any atom is 0.212 e. The van der Waals surface area contributed by atoms with E-state index in [2.05, 4.69) is 111 Å². The molecule has 5 nitrogen and oxygen atoms in total. The first-order chi connectivity index (χ1) is 24.7. The minimum atomic E-state index is 0.381. The maximum atomic E-state index is 10.0. The summed E-state index contributed by atoms with van der Waals surface area (Å²) in [5.74, 6) is 0. The maximum absolute atomic E-state index is 10.0. The Bertz CT molecular complexity index is 2900. The van der Waals surface area contributed by atoms with E-state index in [1.807, 2.05) is 60.7 Å². The number of fused-ring (bicyclic) bond motifs is 6. The molecule has 0 radical (unpaired) electrons. The molecule has 50 heavy (non-hydrogen) atoms. The zero-order valence-electron chi connectivity index (χ0n) is 26.7. The first kappa shape index (κ1) is 28.8. The molecule has 0 N–H and O–H groups in total. The van der Waals surface area contributed by atoms with Crippen molar-refractivity contribution in [1.29, 1.82) is 10.5 Å². The molecule has 0 aliphatic rings. The molecule has 0 bridgehead atoms. The van der Waals surface area contributed by atoms with Crippen molar-refractivity contribution in [3.05, 3.63) is 174 Å².